The minimum absolute atomic E-state index is 0.215. The topological polar surface area (TPSA) is 119 Å². The van der Waals surface area contributed by atoms with Crippen molar-refractivity contribution in [3.8, 4) is 0 Å². The monoisotopic (exact) mass is 632 g/mol. The van der Waals surface area contributed by atoms with Crippen LogP contribution in [0.5, 0.6) is 0 Å². The Labute approximate surface area is 263 Å². The van der Waals surface area contributed by atoms with E-state index in [4.69, 9.17) is 19.3 Å². The second-order valence-corrected chi connectivity index (χ2v) is 13.1. The molecule has 9 heteroatoms. The fourth-order valence-electron chi connectivity index (χ4n) is 4.90. The third-order valence-corrected chi connectivity index (χ3v) is 8.02. The van der Waals surface area contributed by atoms with Gasteiger partial charge in [0.25, 0.3) is 0 Å². The van der Waals surface area contributed by atoms with Crippen molar-refractivity contribution < 1.29 is 37.9 Å². The molecule has 0 aliphatic heterocycles. The van der Waals surface area contributed by atoms with E-state index >= 15 is 0 Å². The summed E-state index contributed by atoms with van der Waals surface area (Å²) in [6, 6.07) is 0. The molecule has 0 aliphatic rings. The molecule has 0 rings (SSSR count). The fourth-order valence-corrected chi connectivity index (χ4v) is 5.26. The number of phosphoric ester groups is 1. The SMILES string of the molecule is CCCCCC/C=C\CCCCCCCC(=O)OC[C@H](COP(=O)(O)O)OC(=O)CCCCCCCCCCCCCC. The Balaban J connectivity index is 4.00. The number of hydrogen-bond acceptors (Lipinski definition) is 6. The number of carbonyl (C=O) groups is 2. The van der Waals surface area contributed by atoms with Crippen LogP contribution in [0.25, 0.3) is 0 Å². The third kappa shape index (κ3) is 33.5. The first-order valence-electron chi connectivity index (χ1n) is 17.5. The van der Waals surface area contributed by atoms with Crippen LogP contribution >= 0.6 is 7.82 Å². The summed E-state index contributed by atoms with van der Waals surface area (Å²) < 4.78 is 26.2. The Morgan fingerprint density at radius 1 is 0.581 bits per heavy atom. The van der Waals surface area contributed by atoms with Crippen LogP contribution in [0.3, 0.4) is 0 Å². The van der Waals surface area contributed by atoms with Crippen molar-refractivity contribution >= 4 is 19.8 Å². The minimum atomic E-state index is -4.74. The van der Waals surface area contributed by atoms with Gasteiger partial charge in [0.15, 0.2) is 6.10 Å². The van der Waals surface area contributed by atoms with Crippen LogP contribution in [-0.2, 0) is 28.2 Å². The first kappa shape index (κ1) is 41.8. The van der Waals surface area contributed by atoms with Gasteiger partial charge in [0, 0.05) is 12.8 Å². The summed E-state index contributed by atoms with van der Waals surface area (Å²) >= 11 is 0. The maximum Gasteiger partial charge on any atom is 0.469 e. The van der Waals surface area contributed by atoms with Gasteiger partial charge >= 0.3 is 19.8 Å². The van der Waals surface area contributed by atoms with Gasteiger partial charge in [-0.3, -0.25) is 14.1 Å². The molecule has 0 heterocycles. The zero-order chi connectivity index (χ0) is 31.9. The van der Waals surface area contributed by atoms with E-state index in [2.05, 4.69) is 30.5 Å². The standard InChI is InChI=1S/C34H65O8P/c1-3-5-7-9-11-13-15-17-19-20-22-24-26-28-33(35)40-30-32(31-41-43(37,38)39)42-34(36)29-27-25-23-21-18-16-14-12-10-8-6-4-2/h13,15,32H,3-12,14,16-31H2,1-2H3,(H2,37,38,39)/b15-13-/t32-/m1/s1. The maximum atomic E-state index is 12.3. The molecule has 2 N–H and O–H groups in total. The Bertz CT molecular complexity index is 721. The molecule has 0 aliphatic carbocycles. The predicted octanol–water partition coefficient (Wildman–Crippen LogP) is 9.90. The molecule has 0 radical (unpaired) electrons. The molecular weight excluding hydrogens is 567 g/mol. The molecule has 1 atom stereocenters. The second-order valence-electron chi connectivity index (χ2n) is 11.8. The summed E-state index contributed by atoms with van der Waals surface area (Å²) in [5, 5.41) is 0. The van der Waals surface area contributed by atoms with Crippen LogP contribution in [0.15, 0.2) is 12.2 Å². The zero-order valence-corrected chi connectivity index (χ0v) is 28.5. The molecule has 0 aromatic rings. The summed E-state index contributed by atoms with van der Waals surface area (Å²) in [6.45, 7) is 3.64. The first-order valence-corrected chi connectivity index (χ1v) is 19.0. The van der Waals surface area contributed by atoms with Crippen LogP contribution in [0, 0.1) is 0 Å². The summed E-state index contributed by atoms with van der Waals surface area (Å²) in [6.07, 6.45) is 30.7. The van der Waals surface area contributed by atoms with Gasteiger partial charge in [-0.15, -0.1) is 0 Å². The van der Waals surface area contributed by atoms with Crippen molar-refractivity contribution in [1.82, 2.24) is 0 Å². The van der Waals surface area contributed by atoms with E-state index < -0.39 is 32.5 Å². The summed E-state index contributed by atoms with van der Waals surface area (Å²) in [5.74, 6) is -0.891. The number of unbranched alkanes of at least 4 members (excludes halogenated alkanes) is 20. The van der Waals surface area contributed by atoms with E-state index in [1.807, 2.05) is 0 Å². The lowest BCUT2D eigenvalue weighted by atomic mass is 10.0. The quantitative estimate of drug-likeness (QED) is 0.0325. The van der Waals surface area contributed by atoms with Crippen molar-refractivity contribution in [2.75, 3.05) is 13.2 Å². The van der Waals surface area contributed by atoms with Gasteiger partial charge < -0.3 is 19.3 Å². The summed E-state index contributed by atoms with van der Waals surface area (Å²) in [7, 11) is -4.74. The Morgan fingerprint density at radius 3 is 1.44 bits per heavy atom. The number of allylic oxidation sites excluding steroid dienone is 2. The third-order valence-electron chi connectivity index (χ3n) is 7.53. The van der Waals surface area contributed by atoms with Gasteiger partial charge in [-0.25, -0.2) is 4.57 Å². The van der Waals surface area contributed by atoms with E-state index in [1.54, 1.807) is 0 Å². The molecule has 0 saturated heterocycles. The highest BCUT2D eigenvalue weighted by atomic mass is 31.2. The highest BCUT2D eigenvalue weighted by Gasteiger charge is 2.22. The fraction of sp³-hybridized carbons (Fsp3) is 0.882. The van der Waals surface area contributed by atoms with E-state index in [1.165, 1.54) is 83.5 Å². The number of phosphoric acid groups is 1. The van der Waals surface area contributed by atoms with E-state index in [9.17, 15) is 14.2 Å². The van der Waals surface area contributed by atoms with Crippen LogP contribution < -0.4 is 0 Å². The molecule has 0 saturated carbocycles. The molecule has 0 unspecified atom stereocenters. The first-order chi connectivity index (χ1) is 20.8. The number of esters is 2. The lowest BCUT2D eigenvalue weighted by Crippen LogP contribution is -2.29. The number of rotatable bonds is 32. The van der Waals surface area contributed by atoms with Crippen LogP contribution in [0.2, 0.25) is 0 Å². The number of hydrogen-bond donors (Lipinski definition) is 2. The van der Waals surface area contributed by atoms with Crippen molar-refractivity contribution in [3.63, 3.8) is 0 Å². The molecule has 254 valence electrons. The Morgan fingerprint density at radius 2 is 0.977 bits per heavy atom. The average Bonchev–Trinajstić information content (AvgIpc) is 2.97. The van der Waals surface area contributed by atoms with Crippen molar-refractivity contribution in [2.45, 2.75) is 180 Å². The molecular formula is C34H65O8P. The van der Waals surface area contributed by atoms with E-state index in [0.717, 1.165) is 51.4 Å². The van der Waals surface area contributed by atoms with Gasteiger partial charge in [0.1, 0.15) is 6.61 Å². The molecule has 0 spiro atoms. The molecule has 0 aromatic carbocycles. The minimum Gasteiger partial charge on any atom is -0.462 e. The van der Waals surface area contributed by atoms with Gasteiger partial charge in [0.05, 0.1) is 6.61 Å². The maximum absolute atomic E-state index is 12.3. The van der Waals surface area contributed by atoms with Crippen LogP contribution in [0.1, 0.15) is 174 Å². The van der Waals surface area contributed by atoms with Crippen molar-refractivity contribution in [1.29, 1.82) is 0 Å². The summed E-state index contributed by atoms with van der Waals surface area (Å²) in [4.78, 5) is 42.5. The van der Waals surface area contributed by atoms with E-state index in [0.29, 0.717) is 12.8 Å². The number of carbonyl (C=O) groups excluding carboxylic acids is 2. The largest absolute Gasteiger partial charge is 0.469 e. The van der Waals surface area contributed by atoms with Crippen LogP contribution in [0.4, 0.5) is 0 Å². The van der Waals surface area contributed by atoms with Gasteiger partial charge in [-0.05, 0) is 38.5 Å². The molecule has 0 fully saturated rings. The summed E-state index contributed by atoms with van der Waals surface area (Å²) in [5.41, 5.74) is 0. The van der Waals surface area contributed by atoms with Gasteiger partial charge in [-0.1, -0.05) is 135 Å². The predicted molar refractivity (Wildman–Crippen MR) is 175 cm³/mol. The molecule has 8 nitrogen and oxygen atoms in total. The van der Waals surface area contributed by atoms with Crippen LogP contribution in [-0.4, -0.2) is 41.0 Å². The highest BCUT2D eigenvalue weighted by molar-refractivity contribution is 7.46. The van der Waals surface area contributed by atoms with E-state index in [-0.39, 0.29) is 19.4 Å². The smallest absolute Gasteiger partial charge is 0.462 e. The lowest BCUT2D eigenvalue weighted by Gasteiger charge is -2.18. The Kier molecular flexibility index (Phi) is 29.9. The average molecular weight is 633 g/mol. The molecule has 0 amide bonds. The molecule has 0 aromatic heterocycles. The Hall–Kier alpha value is -1.21. The normalized spacial score (nSPS) is 12.6. The van der Waals surface area contributed by atoms with Crippen molar-refractivity contribution in [3.05, 3.63) is 12.2 Å². The van der Waals surface area contributed by atoms with Gasteiger partial charge in [0.2, 0.25) is 0 Å². The van der Waals surface area contributed by atoms with Gasteiger partial charge in [-0.2, -0.15) is 0 Å². The van der Waals surface area contributed by atoms with Crippen molar-refractivity contribution in [2.24, 2.45) is 0 Å². The number of ether oxygens (including phenoxy) is 2. The second kappa shape index (κ2) is 30.8. The highest BCUT2D eigenvalue weighted by Crippen LogP contribution is 2.36. The lowest BCUT2D eigenvalue weighted by molar-refractivity contribution is -0.161. The molecule has 43 heavy (non-hydrogen) atoms. The molecule has 0 bridgehead atoms. The zero-order valence-electron chi connectivity index (χ0n) is 27.6.